The fourth-order valence-electron chi connectivity index (χ4n) is 7.49. The zero-order valence-corrected chi connectivity index (χ0v) is 19.7. The zero-order chi connectivity index (χ0) is 23.2. The number of fused-ring (bicyclic) bond motifs is 5. The van der Waals surface area contributed by atoms with Gasteiger partial charge in [0, 0.05) is 35.8 Å². The molecule has 1 aromatic carbocycles. The molecule has 5 rings (SSSR count). The molecule has 2 fully saturated rings. The van der Waals surface area contributed by atoms with Gasteiger partial charge in [-0.3, -0.25) is 4.79 Å². The summed E-state index contributed by atoms with van der Waals surface area (Å²) in [6.45, 7) is 10.2. The minimum absolute atomic E-state index is 0.00607. The second kappa shape index (κ2) is 6.62. The van der Waals surface area contributed by atoms with E-state index in [1.165, 1.54) is 0 Å². The first-order valence-electron chi connectivity index (χ1n) is 11.4. The lowest BCUT2D eigenvalue weighted by atomic mass is 9.49. The quantitative estimate of drug-likeness (QED) is 0.663. The molecule has 0 unspecified atom stereocenters. The van der Waals surface area contributed by atoms with E-state index in [2.05, 4.69) is 13.8 Å². The molecule has 32 heavy (non-hydrogen) atoms. The topological polar surface area (TPSA) is 91.3 Å². The van der Waals surface area contributed by atoms with E-state index in [1.54, 1.807) is 7.11 Å². The van der Waals surface area contributed by atoms with Crippen LogP contribution in [0.1, 0.15) is 74.0 Å². The van der Waals surface area contributed by atoms with E-state index in [0.717, 1.165) is 22.4 Å². The summed E-state index contributed by atoms with van der Waals surface area (Å²) in [5.74, 6) is 0.410. The van der Waals surface area contributed by atoms with Crippen molar-refractivity contribution in [1.29, 1.82) is 0 Å². The smallest absolute Gasteiger partial charge is 0.342 e. The maximum atomic E-state index is 12.5. The van der Waals surface area contributed by atoms with Gasteiger partial charge in [-0.1, -0.05) is 6.92 Å². The molecule has 3 heterocycles. The van der Waals surface area contributed by atoms with Crippen LogP contribution < -0.4 is 9.47 Å². The molecule has 7 heteroatoms. The molecule has 0 spiro atoms. The summed E-state index contributed by atoms with van der Waals surface area (Å²) in [7, 11) is 1.57. The fraction of sp³-hybridized carbons (Fsp3) is 0.680. The molecule has 3 aliphatic heterocycles. The number of aliphatic hydroxyl groups is 1. The Morgan fingerprint density at radius 3 is 2.50 bits per heavy atom. The zero-order valence-electron chi connectivity index (χ0n) is 19.7. The van der Waals surface area contributed by atoms with Crippen LogP contribution in [-0.2, 0) is 27.3 Å². The Labute approximate surface area is 188 Å². The van der Waals surface area contributed by atoms with Crippen LogP contribution in [-0.4, -0.2) is 41.5 Å². The molecule has 0 radical (unpaired) electrons. The SMILES string of the molecule is COc1c2c(c(C)c3c1C(=O)OC3)O[C@@]1(C)C[C@@H](O)[C@H]3C(C)(C)OC(=O)CC[C@]3(C)[C@@H]1C2. The number of cyclic esters (lactones) is 2. The lowest BCUT2D eigenvalue weighted by molar-refractivity contribution is -0.211. The highest BCUT2D eigenvalue weighted by atomic mass is 16.6. The highest BCUT2D eigenvalue weighted by molar-refractivity contribution is 5.98. The van der Waals surface area contributed by atoms with Crippen LogP contribution in [0.25, 0.3) is 0 Å². The van der Waals surface area contributed by atoms with Crippen LogP contribution in [0.4, 0.5) is 0 Å². The third-order valence-corrected chi connectivity index (χ3v) is 8.61. The summed E-state index contributed by atoms with van der Waals surface area (Å²) < 4.78 is 23.6. The second-order valence-electron chi connectivity index (χ2n) is 10.9. The first kappa shape index (κ1) is 21.6. The Balaban J connectivity index is 1.70. The molecule has 1 saturated carbocycles. The van der Waals surface area contributed by atoms with E-state index < -0.39 is 22.7 Å². The normalized spacial score (nSPS) is 37.0. The fourth-order valence-corrected chi connectivity index (χ4v) is 7.49. The van der Waals surface area contributed by atoms with Crippen LogP contribution in [0.15, 0.2) is 0 Å². The number of methoxy groups -OCH3 is 1. The number of rotatable bonds is 1. The average molecular weight is 445 g/mol. The Hall–Kier alpha value is -2.28. The van der Waals surface area contributed by atoms with Gasteiger partial charge >= 0.3 is 11.9 Å². The third-order valence-electron chi connectivity index (χ3n) is 8.61. The number of ether oxygens (including phenoxy) is 4. The van der Waals surface area contributed by atoms with Gasteiger partial charge in [-0.15, -0.1) is 0 Å². The summed E-state index contributed by atoms with van der Waals surface area (Å²) in [6, 6.07) is 0. The molecule has 1 saturated heterocycles. The van der Waals surface area contributed by atoms with Gasteiger partial charge in [-0.2, -0.15) is 0 Å². The number of carbonyl (C=O) groups excluding carboxylic acids is 2. The molecular formula is C25H32O7. The molecular weight excluding hydrogens is 412 g/mol. The van der Waals surface area contributed by atoms with E-state index in [9.17, 15) is 14.7 Å². The van der Waals surface area contributed by atoms with Gasteiger partial charge in [0.05, 0.1) is 13.2 Å². The monoisotopic (exact) mass is 444 g/mol. The Kier molecular flexibility index (Phi) is 4.46. The molecule has 0 amide bonds. The molecule has 1 N–H and O–H groups in total. The van der Waals surface area contributed by atoms with E-state index in [4.69, 9.17) is 18.9 Å². The Morgan fingerprint density at radius 2 is 1.81 bits per heavy atom. The van der Waals surface area contributed by atoms with Gasteiger partial charge in [0.2, 0.25) is 0 Å². The van der Waals surface area contributed by atoms with Crippen molar-refractivity contribution in [3.05, 3.63) is 22.3 Å². The van der Waals surface area contributed by atoms with Gasteiger partial charge in [0.15, 0.2) is 0 Å². The van der Waals surface area contributed by atoms with Crippen molar-refractivity contribution in [2.75, 3.05) is 7.11 Å². The lowest BCUT2D eigenvalue weighted by Gasteiger charge is -2.61. The maximum absolute atomic E-state index is 12.5. The van der Waals surface area contributed by atoms with Crippen LogP contribution in [0.3, 0.4) is 0 Å². The van der Waals surface area contributed by atoms with Crippen LogP contribution in [0.2, 0.25) is 0 Å². The first-order chi connectivity index (χ1) is 14.9. The molecule has 1 aliphatic carbocycles. The molecule has 0 aromatic heterocycles. The maximum Gasteiger partial charge on any atom is 0.342 e. The minimum atomic E-state index is -0.800. The van der Waals surface area contributed by atoms with Crippen molar-refractivity contribution in [2.45, 2.75) is 84.2 Å². The lowest BCUT2D eigenvalue weighted by Crippen LogP contribution is -2.66. The average Bonchev–Trinajstić information content (AvgIpc) is 3.03. The summed E-state index contributed by atoms with van der Waals surface area (Å²) in [5, 5.41) is 11.4. The molecule has 7 nitrogen and oxygen atoms in total. The van der Waals surface area contributed by atoms with Crippen molar-refractivity contribution in [1.82, 2.24) is 0 Å². The number of carbonyl (C=O) groups is 2. The molecule has 5 atom stereocenters. The summed E-state index contributed by atoms with van der Waals surface area (Å²) in [6.07, 6.45) is 1.29. The van der Waals surface area contributed by atoms with Gasteiger partial charge < -0.3 is 24.1 Å². The van der Waals surface area contributed by atoms with Gasteiger partial charge in [-0.25, -0.2) is 4.79 Å². The Bertz CT molecular complexity index is 1030. The molecule has 1 aromatic rings. The largest absolute Gasteiger partial charge is 0.495 e. The van der Waals surface area contributed by atoms with E-state index in [1.807, 2.05) is 20.8 Å². The van der Waals surface area contributed by atoms with Crippen molar-refractivity contribution in [3.63, 3.8) is 0 Å². The molecule has 4 aliphatic rings. The second-order valence-corrected chi connectivity index (χ2v) is 10.9. The molecule has 174 valence electrons. The number of esters is 2. The van der Waals surface area contributed by atoms with E-state index >= 15 is 0 Å². The number of benzene rings is 1. The standard InChI is InChI=1S/C25H32O7/c1-12-14-11-30-22(28)18(14)20(29-6)13-9-16-24(4)8-7-17(27)31-23(2,3)21(24)15(26)10-25(16,5)32-19(12)13/h15-16,21,26H,7-11H2,1-6H3/t15-,16+,21+,24-,25+/m1/s1. The number of aliphatic hydroxyl groups excluding tert-OH is 1. The van der Waals surface area contributed by atoms with Gasteiger partial charge in [0.25, 0.3) is 0 Å². The predicted molar refractivity (Wildman–Crippen MR) is 115 cm³/mol. The van der Waals surface area contributed by atoms with Gasteiger partial charge in [-0.05, 0) is 51.5 Å². The van der Waals surface area contributed by atoms with Crippen molar-refractivity contribution >= 4 is 11.9 Å². The minimum Gasteiger partial charge on any atom is -0.495 e. The van der Waals surface area contributed by atoms with Crippen LogP contribution in [0.5, 0.6) is 11.5 Å². The van der Waals surface area contributed by atoms with Crippen LogP contribution in [0, 0.1) is 24.2 Å². The van der Waals surface area contributed by atoms with Gasteiger partial charge in [0.1, 0.15) is 34.9 Å². The number of hydrogen-bond donors (Lipinski definition) is 1. The van der Waals surface area contributed by atoms with Crippen molar-refractivity contribution in [2.24, 2.45) is 17.3 Å². The summed E-state index contributed by atoms with van der Waals surface area (Å²) in [5.41, 5.74) is 1.22. The van der Waals surface area contributed by atoms with Crippen molar-refractivity contribution in [3.8, 4) is 11.5 Å². The highest BCUT2D eigenvalue weighted by Crippen LogP contribution is 2.62. The van der Waals surface area contributed by atoms with Crippen LogP contribution >= 0.6 is 0 Å². The first-order valence-corrected chi connectivity index (χ1v) is 11.4. The summed E-state index contributed by atoms with van der Waals surface area (Å²) in [4.78, 5) is 24.9. The molecule has 0 bridgehead atoms. The van der Waals surface area contributed by atoms with E-state index in [-0.39, 0.29) is 30.4 Å². The highest BCUT2D eigenvalue weighted by Gasteiger charge is 2.65. The summed E-state index contributed by atoms with van der Waals surface area (Å²) >= 11 is 0. The number of hydrogen-bond acceptors (Lipinski definition) is 7. The Morgan fingerprint density at radius 1 is 1.09 bits per heavy atom. The van der Waals surface area contributed by atoms with Crippen molar-refractivity contribution < 1.29 is 33.6 Å². The van der Waals surface area contributed by atoms with E-state index in [0.29, 0.717) is 37.0 Å². The predicted octanol–water partition coefficient (Wildman–Crippen LogP) is 3.49. The third kappa shape index (κ3) is 2.69.